The van der Waals surface area contributed by atoms with Crippen LogP contribution >= 0.6 is 0 Å². The first kappa shape index (κ1) is 11.3. The van der Waals surface area contributed by atoms with Gasteiger partial charge in [-0.1, -0.05) is 0 Å². The molecular formula is C10H16N2O4. The third-order valence-electron chi connectivity index (χ3n) is 2.57. The van der Waals surface area contributed by atoms with Crippen molar-refractivity contribution in [1.82, 2.24) is 9.78 Å². The standard InChI is InChI=1S/C10H16N2O4/c1-14-7-9-11-12(10(13)16-9)6-8-4-2-3-5-15-8/h8H,2-7H2,1H3/t8-/m0/s1. The quantitative estimate of drug-likeness (QED) is 0.753. The Labute approximate surface area is 93.1 Å². The molecule has 1 aromatic rings. The van der Waals surface area contributed by atoms with Crippen LogP contribution in [0.1, 0.15) is 25.2 Å². The van der Waals surface area contributed by atoms with E-state index >= 15 is 0 Å². The lowest BCUT2D eigenvalue weighted by molar-refractivity contribution is 0.00291. The monoisotopic (exact) mass is 228 g/mol. The summed E-state index contributed by atoms with van der Waals surface area (Å²) in [5.41, 5.74) is 0. The largest absolute Gasteiger partial charge is 0.437 e. The molecular weight excluding hydrogens is 212 g/mol. The number of hydrogen-bond acceptors (Lipinski definition) is 5. The van der Waals surface area contributed by atoms with Crippen molar-refractivity contribution in [2.24, 2.45) is 0 Å². The van der Waals surface area contributed by atoms with Crippen LogP contribution < -0.4 is 5.76 Å². The Morgan fingerprint density at radius 3 is 3.12 bits per heavy atom. The predicted molar refractivity (Wildman–Crippen MR) is 55.1 cm³/mol. The number of methoxy groups -OCH3 is 1. The van der Waals surface area contributed by atoms with Gasteiger partial charge in [0, 0.05) is 13.7 Å². The Morgan fingerprint density at radius 1 is 1.56 bits per heavy atom. The Kier molecular flexibility index (Phi) is 3.74. The lowest BCUT2D eigenvalue weighted by atomic mass is 10.1. The second-order valence-electron chi connectivity index (χ2n) is 3.87. The van der Waals surface area contributed by atoms with Crippen LogP contribution in [0.4, 0.5) is 0 Å². The molecule has 0 radical (unpaired) electrons. The van der Waals surface area contributed by atoms with Crippen molar-refractivity contribution in [3.63, 3.8) is 0 Å². The minimum atomic E-state index is -0.443. The smallest absolute Gasteiger partial charge is 0.390 e. The molecule has 1 fully saturated rings. The van der Waals surface area contributed by atoms with Gasteiger partial charge in [-0.2, -0.15) is 4.68 Å². The van der Waals surface area contributed by atoms with Gasteiger partial charge in [0.2, 0.25) is 5.89 Å². The average molecular weight is 228 g/mol. The van der Waals surface area contributed by atoms with Gasteiger partial charge in [0.15, 0.2) is 0 Å². The molecule has 0 aliphatic carbocycles. The first-order valence-corrected chi connectivity index (χ1v) is 5.47. The molecule has 0 bridgehead atoms. The van der Waals surface area contributed by atoms with E-state index in [1.807, 2.05) is 0 Å². The molecule has 90 valence electrons. The number of rotatable bonds is 4. The summed E-state index contributed by atoms with van der Waals surface area (Å²) in [6.07, 6.45) is 3.28. The minimum absolute atomic E-state index is 0.0759. The van der Waals surface area contributed by atoms with Gasteiger partial charge in [-0.3, -0.25) is 0 Å². The van der Waals surface area contributed by atoms with Gasteiger partial charge in [-0.25, -0.2) is 4.79 Å². The van der Waals surface area contributed by atoms with Gasteiger partial charge in [0.1, 0.15) is 6.61 Å². The van der Waals surface area contributed by atoms with Gasteiger partial charge in [0.05, 0.1) is 12.6 Å². The van der Waals surface area contributed by atoms with Crippen LogP contribution in [0.15, 0.2) is 9.21 Å². The zero-order chi connectivity index (χ0) is 11.4. The highest BCUT2D eigenvalue weighted by Gasteiger charge is 2.17. The van der Waals surface area contributed by atoms with Crippen LogP contribution in [-0.2, 0) is 22.6 Å². The zero-order valence-electron chi connectivity index (χ0n) is 9.35. The Bertz CT molecular complexity index is 378. The maximum atomic E-state index is 11.4. The predicted octanol–water partition coefficient (Wildman–Crippen LogP) is 0.552. The van der Waals surface area contributed by atoms with E-state index in [2.05, 4.69) is 5.10 Å². The minimum Gasteiger partial charge on any atom is -0.390 e. The van der Waals surface area contributed by atoms with Crippen molar-refractivity contribution >= 4 is 0 Å². The number of nitrogens with zero attached hydrogens (tertiary/aromatic N) is 2. The van der Waals surface area contributed by atoms with Gasteiger partial charge in [-0.05, 0) is 19.3 Å². The summed E-state index contributed by atoms with van der Waals surface area (Å²) in [7, 11) is 1.53. The fourth-order valence-corrected chi connectivity index (χ4v) is 1.79. The van der Waals surface area contributed by atoms with E-state index in [1.165, 1.54) is 11.8 Å². The Morgan fingerprint density at radius 2 is 2.44 bits per heavy atom. The van der Waals surface area contributed by atoms with Crippen molar-refractivity contribution in [1.29, 1.82) is 0 Å². The highest BCUT2D eigenvalue weighted by atomic mass is 16.5. The van der Waals surface area contributed by atoms with Gasteiger partial charge < -0.3 is 13.9 Å². The molecule has 1 aliphatic rings. The molecule has 0 spiro atoms. The molecule has 6 nitrogen and oxygen atoms in total. The molecule has 0 saturated carbocycles. The summed E-state index contributed by atoms with van der Waals surface area (Å²) in [5, 5.41) is 4.03. The van der Waals surface area contributed by atoms with E-state index in [4.69, 9.17) is 13.9 Å². The van der Waals surface area contributed by atoms with E-state index in [9.17, 15) is 4.79 Å². The van der Waals surface area contributed by atoms with E-state index in [1.54, 1.807) is 0 Å². The lowest BCUT2D eigenvalue weighted by Crippen LogP contribution is -2.29. The molecule has 0 amide bonds. The molecule has 1 saturated heterocycles. The number of ether oxygens (including phenoxy) is 2. The summed E-state index contributed by atoms with van der Waals surface area (Å²) >= 11 is 0. The number of aromatic nitrogens is 2. The van der Waals surface area contributed by atoms with Gasteiger partial charge in [-0.15, -0.1) is 5.10 Å². The third-order valence-corrected chi connectivity index (χ3v) is 2.57. The molecule has 1 aromatic heterocycles. The molecule has 2 heterocycles. The summed E-state index contributed by atoms with van der Waals surface area (Å²) in [5.74, 6) is -0.135. The van der Waals surface area contributed by atoms with Crippen LogP contribution in [0.25, 0.3) is 0 Å². The van der Waals surface area contributed by atoms with Crippen molar-refractivity contribution in [2.75, 3.05) is 13.7 Å². The van der Waals surface area contributed by atoms with Gasteiger partial charge >= 0.3 is 5.76 Å². The van der Waals surface area contributed by atoms with E-state index in [0.717, 1.165) is 25.9 Å². The van der Waals surface area contributed by atoms with Crippen LogP contribution in [0, 0.1) is 0 Å². The first-order valence-electron chi connectivity index (χ1n) is 5.47. The average Bonchev–Trinajstić information content (AvgIpc) is 2.61. The summed E-state index contributed by atoms with van der Waals surface area (Å²) < 4.78 is 16.6. The van der Waals surface area contributed by atoms with Crippen molar-refractivity contribution in [3.05, 3.63) is 16.4 Å². The highest BCUT2D eigenvalue weighted by molar-refractivity contribution is 4.73. The van der Waals surface area contributed by atoms with Crippen molar-refractivity contribution in [2.45, 2.75) is 38.5 Å². The van der Waals surface area contributed by atoms with Crippen LogP contribution in [-0.4, -0.2) is 29.6 Å². The molecule has 6 heteroatoms. The fraction of sp³-hybridized carbons (Fsp3) is 0.800. The maximum Gasteiger partial charge on any atom is 0.437 e. The molecule has 1 atom stereocenters. The van der Waals surface area contributed by atoms with Crippen LogP contribution in [0.5, 0.6) is 0 Å². The second-order valence-corrected chi connectivity index (χ2v) is 3.87. The molecule has 0 unspecified atom stereocenters. The van der Waals surface area contributed by atoms with E-state index in [-0.39, 0.29) is 12.7 Å². The van der Waals surface area contributed by atoms with Crippen LogP contribution in [0.2, 0.25) is 0 Å². The summed E-state index contributed by atoms with van der Waals surface area (Å²) in [6.45, 7) is 1.45. The van der Waals surface area contributed by atoms with Crippen molar-refractivity contribution < 1.29 is 13.9 Å². The number of hydrogen-bond donors (Lipinski definition) is 0. The maximum absolute atomic E-state index is 11.4. The normalized spacial score (nSPS) is 21.2. The molecule has 0 N–H and O–H groups in total. The van der Waals surface area contributed by atoms with Crippen LogP contribution in [0.3, 0.4) is 0 Å². The topological polar surface area (TPSA) is 66.5 Å². The summed E-state index contributed by atoms with van der Waals surface area (Å²) in [6, 6.07) is 0. The Balaban J connectivity index is 1.99. The lowest BCUT2D eigenvalue weighted by Gasteiger charge is -2.21. The van der Waals surface area contributed by atoms with E-state index < -0.39 is 5.76 Å². The van der Waals surface area contributed by atoms with Crippen molar-refractivity contribution in [3.8, 4) is 0 Å². The molecule has 0 aromatic carbocycles. The zero-order valence-corrected chi connectivity index (χ0v) is 9.35. The highest BCUT2D eigenvalue weighted by Crippen LogP contribution is 2.13. The SMILES string of the molecule is COCc1nn(C[C@@H]2CCCCO2)c(=O)o1. The third kappa shape index (κ3) is 2.70. The van der Waals surface area contributed by atoms with E-state index in [0.29, 0.717) is 12.4 Å². The molecule has 1 aliphatic heterocycles. The second kappa shape index (κ2) is 5.27. The Hall–Kier alpha value is -1.14. The molecule has 16 heavy (non-hydrogen) atoms. The fourth-order valence-electron chi connectivity index (χ4n) is 1.79. The molecule has 2 rings (SSSR count). The van der Waals surface area contributed by atoms with Gasteiger partial charge in [0.25, 0.3) is 0 Å². The summed E-state index contributed by atoms with van der Waals surface area (Å²) in [4.78, 5) is 11.4. The first-order chi connectivity index (χ1) is 7.79.